The Hall–Kier alpha value is -0.120. The van der Waals surface area contributed by atoms with Crippen molar-refractivity contribution in [2.45, 2.75) is 38.3 Å². The molecule has 0 aromatic rings. The highest BCUT2D eigenvalue weighted by atomic mass is 16.8. The van der Waals surface area contributed by atoms with Gasteiger partial charge in [0.15, 0.2) is 12.6 Å². The van der Waals surface area contributed by atoms with Crippen LogP contribution in [0.3, 0.4) is 0 Å². The molecule has 0 aromatic carbocycles. The molecule has 0 spiro atoms. The van der Waals surface area contributed by atoms with Crippen molar-refractivity contribution < 1.29 is 14.2 Å². The molecule has 11 heavy (non-hydrogen) atoms. The summed E-state index contributed by atoms with van der Waals surface area (Å²) in [6.07, 6.45) is 4.32. The molecule has 0 aliphatic carbocycles. The number of hydrogen-bond donors (Lipinski definition) is 0. The van der Waals surface area contributed by atoms with Crippen LogP contribution in [0.1, 0.15) is 25.7 Å². The van der Waals surface area contributed by atoms with E-state index in [0.717, 1.165) is 38.9 Å². The molecule has 0 radical (unpaired) electrons. The van der Waals surface area contributed by atoms with Gasteiger partial charge in [0, 0.05) is 26.1 Å². The first kappa shape index (κ1) is 7.53. The van der Waals surface area contributed by atoms with Crippen LogP contribution >= 0.6 is 0 Å². The van der Waals surface area contributed by atoms with E-state index in [1.54, 1.807) is 0 Å². The molecule has 0 N–H and O–H groups in total. The van der Waals surface area contributed by atoms with Crippen LogP contribution in [0.25, 0.3) is 0 Å². The highest BCUT2D eigenvalue weighted by molar-refractivity contribution is 4.59. The zero-order valence-electron chi connectivity index (χ0n) is 6.62. The number of hydrogen-bond acceptors (Lipinski definition) is 3. The molecule has 64 valence electrons. The maximum absolute atomic E-state index is 5.53. The molecular formula is C8H14O3. The lowest BCUT2D eigenvalue weighted by molar-refractivity contribution is -0.213. The Labute approximate surface area is 66.6 Å². The maximum Gasteiger partial charge on any atom is 0.160 e. The Morgan fingerprint density at radius 1 is 0.909 bits per heavy atom. The van der Waals surface area contributed by atoms with Gasteiger partial charge in [-0.15, -0.1) is 0 Å². The lowest BCUT2D eigenvalue weighted by Crippen LogP contribution is -2.20. The van der Waals surface area contributed by atoms with E-state index in [2.05, 4.69) is 0 Å². The summed E-state index contributed by atoms with van der Waals surface area (Å²) >= 11 is 0. The Kier molecular flexibility index (Phi) is 2.41. The van der Waals surface area contributed by atoms with Crippen LogP contribution in [0.5, 0.6) is 0 Å². The highest BCUT2D eigenvalue weighted by Gasteiger charge is 2.23. The molecule has 3 heteroatoms. The summed E-state index contributed by atoms with van der Waals surface area (Å²) in [5, 5.41) is 0. The van der Waals surface area contributed by atoms with Crippen LogP contribution in [-0.2, 0) is 14.2 Å². The molecule has 2 heterocycles. The topological polar surface area (TPSA) is 27.7 Å². The van der Waals surface area contributed by atoms with Gasteiger partial charge in [0.25, 0.3) is 0 Å². The van der Waals surface area contributed by atoms with Crippen molar-refractivity contribution in [3.63, 3.8) is 0 Å². The Balaban J connectivity index is 1.71. The van der Waals surface area contributed by atoms with Gasteiger partial charge in [-0.3, -0.25) is 0 Å². The van der Waals surface area contributed by atoms with Crippen molar-refractivity contribution in [1.82, 2.24) is 0 Å². The molecule has 2 saturated heterocycles. The minimum absolute atomic E-state index is 0.0121. The van der Waals surface area contributed by atoms with Gasteiger partial charge in [-0.25, -0.2) is 0 Å². The van der Waals surface area contributed by atoms with Crippen molar-refractivity contribution in [2.75, 3.05) is 13.2 Å². The second-order valence-electron chi connectivity index (χ2n) is 3.02. The molecule has 3 nitrogen and oxygen atoms in total. The van der Waals surface area contributed by atoms with Gasteiger partial charge < -0.3 is 14.2 Å². The molecule has 0 amide bonds. The van der Waals surface area contributed by atoms with Crippen LogP contribution in [-0.4, -0.2) is 25.8 Å². The highest BCUT2D eigenvalue weighted by Crippen LogP contribution is 2.20. The summed E-state index contributed by atoms with van der Waals surface area (Å²) in [7, 11) is 0. The second kappa shape index (κ2) is 3.52. The van der Waals surface area contributed by atoms with E-state index in [1.165, 1.54) is 0 Å². The minimum atomic E-state index is 0.0121. The fourth-order valence-electron chi connectivity index (χ4n) is 1.48. The summed E-state index contributed by atoms with van der Waals surface area (Å²) in [6, 6.07) is 0. The Morgan fingerprint density at radius 3 is 1.82 bits per heavy atom. The van der Waals surface area contributed by atoms with Gasteiger partial charge in [-0.1, -0.05) is 0 Å². The molecule has 2 aliphatic rings. The minimum Gasteiger partial charge on any atom is -0.353 e. The van der Waals surface area contributed by atoms with Crippen LogP contribution in [0.4, 0.5) is 0 Å². The summed E-state index contributed by atoms with van der Waals surface area (Å²) in [4.78, 5) is 0. The largest absolute Gasteiger partial charge is 0.353 e. The van der Waals surface area contributed by atoms with Crippen LogP contribution < -0.4 is 0 Å². The van der Waals surface area contributed by atoms with Crippen molar-refractivity contribution in [1.29, 1.82) is 0 Å². The van der Waals surface area contributed by atoms with Gasteiger partial charge in [-0.05, 0) is 12.8 Å². The Bertz CT molecular complexity index is 101. The van der Waals surface area contributed by atoms with Crippen molar-refractivity contribution in [3.05, 3.63) is 0 Å². The van der Waals surface area contributed by atoms with Crippen LogP contribution in [0, 0.1) is 0 Å². The van der Waals surface area contributed by atoms with E-state index in [9.17, 15) is 0 Å². The zero-order valence-corrected chi connectivity index (χ0v) is 6.62. The van der Waals surface area contributed by atoms with Crippen molar-refractivity contribution >= 4 is 0 Å². The summed E-state index contributed by atoms with van der Waals surface area (Å²) in [5.74, 6) is 0. The van der Waals surface area contributed by atoms with Gasteiger partial charge in [0.05, 0.1) is 0 Å². The van der Waals surface area contributed by atoms with E-state index in [1.807, 2.05) is 0 Å². The fraction of sp³-hybridized carbons (Fsp3) is 1.00. The first-order chi connectivity index (χ1) is 5.45. The fourth-order valence-corrected chi connectivity index (χ4v) is 1.48. The lowest BCUT2D eigenvalue weighted by Gasteiger charge is -2.15. The third-order valence-electron chi connectivity index (χ3n) is 2.08. The second-order valence-corrected chi connectivity index (χ2v) is 3.02. The summed E-state index contributed by atoms with van der Waals surface area (Å²) in [5.41, 5.74) is 0. The standard InChI is InChI=1S/C8H14O3/c1-3-7(9-5-1)11-8-4-2-6-10-8/h7-8H,1-6H2. The first-order valence-corrected chi connectivity index (χ1v) is 4.34. The van der Waals surface area contributed by atoms with E-state index in [0.29, 0.717) is 0 Å². The summed E-state index contributed by atoms with van der Waals surface area (Å²) < 4.78 is 16.2. The van der Waals surface area contributed by atoms with Gasteiger partial charge in [0.1, 0.15) is 0 Å². The van der Waals surface area contributed by atoms with Crippen molar-refractivity contribution in [2.24, 2.45) is 0 Å². The molecule has 0 aromatic heterocycles. The van der Waals surface area contributed by atoms with Crippen molar-refractivity contribution in [3.8, 4) is 0 Å². The lowest BCUT2D eigenvalue weighted by atomic mass is 10.3. The molecule has 2 aliphatic heterocycles. The third kappa shape index (κ3) is 1.92. The zero-order chi connectivity index (χ0) is 7.52. The van der Waals surface area contributed by atoms with Crippen LogP contribution in [0.15, 0.2) is 0 Å². The monoisotopic (exact) mass is 158 g/mol. The smallest absolute Gasteiger partial charge is 0.160 e. The quantitative estimate of drug-likeness (QED) is 0.605. The average molecular weight is 158 g/mol. The SMILES string of the molecule is C1COC(OC2CCCO2)C1. The molecule has 2 unspecified atom stereocenters. The van der Waals surface area contributed by atoms with E-state index in [-0.39, 0.29) is 12.6 Å². The molecule has 0 bridgehead atoms. The van der Waals surface area contributed by atoms with Crippen LogP contribution in [0.2, 0.25) is 0 Å². The van der Waals surface area contributed by atoms with Gasteiger partial charge in [-0.2, -0.15) is 0 Å². The molecule has 2 rings (SSSR count). The number of ether oxygens (including phenoxy) is 3. The predicted octanol–water partition coefficient (Wildman–Crippen LogP) is 1.28. The van der Waals surface area contributed by atoms with E-state index < -0.39 is 0 Å². The average Bonchev–Trinajstić information content (AvgIpc) is 2.60. The normalized spacial score (nSPS) is 38.2. The Morgan fingerprint density at radius 2 is 1.45 bits per heavy atom. The molecule has 0 saturated carbocycles. The van der Waals surface area contributed by atoms with E-state index >= 15 is 0 Å². The van der Waals surface area contributed by atoms with E-state index in [4.69, 9.17) is 14.2 Å². The third-order valence-corrected chi connectivity index (χ3v) is 2.08. The molecule has 2 atom stereocenters. The maximum atomic E-state index is 5.53. The first-order valence-electron chi connectivity index (χ1n) is 4.34. The molecular weight excluding hydrogens is 144 g/mol. The number of rotatable bonds is 2. The van der Waals surface area contributed by atoms with Gasteiger partial charge in [0.2, 0.25) is 0 Å². The molecule has 2 fully saturated rings. The predicted molar refractivity (Wildman–Crippen MR) is 39.0 cm³/mol. The summed E-state index contributed by atoms with van der Waals surface area (Å²) in [6.45, 7) is 1.69. The van der Waals surface area contributed by atoms with Gasteiger partial charge >= 0.3 is 0 Å².